The maximum Gasteiger partial charge on any atom is 0.407 e. The number of piperidine rings is 1. The number of fused-ring (bicyclic) bond motifs is 5. The summed E-state index contributed by atoms with van der Waals surface area (Å²) in [5, 5.41) is 9.52. The Morgan fingerprint density at radius 1 is 1.33 bits per heavy atom. The molecule has 2 atom stereocenters. The third-order valence-corrected chi connectivity index (χ3v) is 5.85. The van der Waals surface area contributed by atoms with Crippen molar-refractivity contribution in [3.8, 4) is 11.5 Å². The molecule has 2 heterocycles. The van der Waals surface area contributed by atoms with Crippen LogP contribution in [0.3, 0.4) is 0 Å². The van der Waals surface area contributed by atoms with Crippen LogP contribution < -0.4 is 9.64 Å². The summed E-state index contributed by atoms with van der Waals surface area (Å²) in [5.41, 5.74) is 1.16. The topological polar surface area (TPSA) is 53.0 Å². The number of nitrogens with zero attached hydrogens (tertiary/aromatic N) is 2. The fourth-order valence-corrected chi connectivity index (χ4v) is 4.30. The molecule has 8 heteroatoms. The predicted octanol–water partition coefficient (Wildman–Crippen LogP) is 5.15. The molecule has 0 radical (unpaired) electrons. The smallest absolute Gasteiger partial charge is 0.407 e. The molecule has 1 N–H and O–H groups in total. The minimum Gasteiger partial charge on any atom is -0.465 e. The highest BCUT2D eigenvalue weighted by Crippen LogP contribution is 2.50. The van der Waals surface area contributed by atoms with Crippen molar-refractivity contribution in [2.75, 3.05) is 18.5 Å². The van der Waals surface area contributed by atoms with Crippen LogP contribution in [0, 0.1) is 11.6 Å². The lowest BCUT2D eigenvalue weighted by atomic mass is 9.88. The molecule has 0 saturated carbocycles. The van der Waals surface area contributed by atoms with Crippen molar-refractivity contribution < 1.29 is 23.4 Å². The van der Waals surface area contributed by atoms with Gasteiger partial charge in [0.15, 0.2) is 17.3 Å². The maximum atomic E-state index is 14.6. The lowest BCUT2D eigenvalue weighted by molar-refractivity contribution is 0.121. The predicted molar refractivity (Wildman–Crippen MR) is 99.5 cm³/mol. The van der Waals surface area contributed by atoms with Crippen LogP contribution in [0.25, 0.3) is 0 Å². The molecular formula is C19H17BrF2N2O3. The third kappa shape index (κ3) is 2.92. The van der Waals surface area contributed by atoms with E-state index in [4.69, 9.17) is 4.74 Å². The highest BCUT2D eigenvalue weighted by Gasteiger charge is 2.42. The summed E-state index contributed by atoms with van der Waals surface area (Å²) in [5.74, 6) is -0.853. The molecule has 1 saturated heterocycles. The molecule has 0 aliphatic carbocycles. The summed E-state index contributed by atoms with van der Waals surface area (Å²) in [6.45, 7) is 0.624. The van der Waals surface area contributed by atoms with Crippen LogP contribution >= 0.6 is 15.9 Å². The Hall–Kier alpha value is -2.35. The van der Waals surface area contributed by atoms with E-state index < -0.39 is 29.8 Å². The molecule has 1 amide bonds. The van der Waals surface area contributed by atoms with Crippen molar-refractivity contribution in [2.45, 2.75) is 24.9 Å². The van der Waals surface area contributed by atoms with Crippen LogP contribution in [-0.2, 0) is 0 Å². The molecule has 2 aromatic carbocycles. The van der Waals surface area contributed by atoms with Gasteiger partial charge >= 0.3 is 6.09 Å². The van der Waals surface area contributed by atoms with E-state index in [-0.39, 0.29) is 16.0 Å². The van der Waals surface area contributed by atoms with Gasteiger partial charge in [0.05, 0.1) is 22.2 Å². The standard InChI is InChI=1S/C19H17BrF2N2O3/c1-23(19(25)26)14-6-3-7-24-15-8-11(20)13(22)9-16(15)27-18-10(17(14)24)4-2-5-12(18)21/h2,4-5,8-9,14,17H,3,6-7H2,1H3,(H,25,26)/t14-,17+/m1/s1. The van der Waals surface area contributed by atoms with Crippen LogP contribution in [-0.4, -0.2) is 35.7 Å². The number of ether oxygens (including phenoxy) is 1. The second-order valence-corrected chi connectivity index (χ2v) is 7.59. The van der Waals surface area contributed by atoms with Crippen LogP contribution in [0.4, 0.5) is 19.3 Å². The molecule has 142 valence electrons. The second-order valence-electron chi connectivity index (χ2n) is 6.74. The molecular weight excluding hydrogens is 422 g/mol. The number of carboxylic acid groups (broad SMARTS) is 1. The average Bonchev–Trinajstić information content (AvgIpc) is 2.77. The molecule has 2 aliphatic rings. The van der Waals surface area contributed by atoms with E-state index in [1.807, 2.05) is 4.90 Å². The van der Waals surface area contributed by atoms with E-state index in [1.165, 1.54) is 24.1 Å². The van der Waals surface area contributed by atoms with Crippen molar-refractivity contribution in [3.05, 3.63) is 52.0 Å². The zero-order valence-corrected chi connectivity index (χ0v) is 16.0. The van der Waals surface area contributed by atoms with Gasteiger partial charge < -0.3 is 19.6 Å². The number of halogens is 3. The van der Waals surface area contributed by atoms with Crippen molar-refractivity contribution in [1.29, 1.82) is 0 Å². The van der Waals surface area contributed by atoms with E-state index in [0.29, 0.717) is 24.2 Å². The Morgan fingerprint density at radius 2 is 2.11 bits per heavy atom. The van der Waals surface area contributed by atoms with E-state index in [2.05, 4.69) is 15.9 Å². The average molecular weight is 439 g/mol. The third-order valence-electron chi connectivity index (χ3n) is 5.24. The zero-order valence-electron chi connectivity index (χ0n) is 14.5. The number of carbonyl (C=O) groups is 1. The SMILES string of the molecule is CN(C(=O)O)[C@@H]1CCCN2c3cc(Br)c(F)cc3Oc3c(F)cccc3[C@@H]12. The molecule has 0 spiro atoms. The zero-order chi connectivity index (χ0) is 19.3. The van der Waals surface area contributed by atoms with Crippen molar-refractivity contribution in [2.24, 2.45) is 0 Å². The number of hydrogen-bond donors (Lipinski definition) is 1. The quantitative estimate of drug-likeness (QED) is 0.668. The van der Waals surface area contributed by atoms with Gasteiger partial charge in [-0.05, 0) is 40.9 Å². The van der Waals surface area contributed by atoms with Gasteiger partial charge in [0.25, 0.3) is 0 Å². The Morgan fingerprint density at radius 3 is 2.85 bits per heavy atom. The molecule has 2 aromatic rings. The molecule has 0 aromatic heterocycles. The molecule has 27 heavy (non-hydrogen) atoms. The molecule has 1 fully saturated rings. The first-order valence-corrected chi connectivity index (χ1v) is 9.35. The number of amides is 1. The van der Waals surface area contributed by atoms with E-state index >= 15 is 0 Å². The minimum atomic E-state index is -1.05. The number of benzene rings is 2. The van der Waals surface area contributed by atoms with Gasteiger partial charge in [-0.2, -0.15) is 0 Å². The second kappa shape index (κ2) is 6.67. The fraction of sp³-hybridized carbons (Fsp3) is 0.316. The van der Waals surface area contributed by atoms with E-state index in [0.717, 1.165) is 6.42 Å². The summed E-state index contributed by atoms with van der Waals surface area (Å²) in [7, 11) is 1.52. The van der Waals surface area contributed by atoms with Crippen LogP contribution in [0.1, 0.15) is 24.4 Å². The number of likely N-dealkylation sites (N-methyl/N-ethyl adjacent to an activating group) is 1. The fourth-order valence-electron chi connectivity index (χ4n) is 3.97. The summed E-state index contributed by atoms with van der Waals surface area (Å²) in [6.07, 6.45) is 0.334. The highest BCUT2D eigenvalue weighted by molar-refractivity contribution is 9.10. The van der Waals surface area contributed by atoms with Gasteiger partial charge in [0, 0.05) is 25.2 Å². The maximum absolute atomic E-state index is 14.6. The Kier molecular flexibility index (Phi) is 4.46. The monoisotopic (exact) mass is 438 g/mol. The van der Waals surface area contributed by atoms with Gasteiger partial charge in [-0.15, -0.1) is 0 Å². The largest absolute Gasteiger partial charge is 0.465 e. The Balaban J connectivity index is 1.96. The molecule has 0 bridgehead atoms. The summed E-state index contributed by atoms with van der Waals surface area (Å²) in [4.78, 5) is 14.9. The Labute approximate surface area is 163 Å². The Bertz CT molecular complexity index is 924. The van der Waals surface area contributed by atoms with E-state index in [1.54, 1.807) is 18.2 Å². The van der Waals surface area contributed by atoms with Gasteiger partial charge in [-0.1, -0.05) is 12.1 Å². The molecule has 2 aliphatic heterocycles. The number of hydrogen-bond acceptors (Lipinski definition) is 3. The van der Waals surface area contributed by atoms with Gasteiger partial charge in [0.1, 0.15) is 5.82 Å². The van der Waals surface area contributed by atoms with E-state index in [9.17, 15) is 18.7 Å². The van der Waals surface area contributed by atoms with Crippen molar-refractivity contribution in [1.82, 2.24) is 4.90 Å². The van der Waals surface area contributed by atoms with Crippen LogP contribution in [0.15, 0.2) is 34.8 Å². The molecule has 4 rings (SSSR count). The first-order valence-electron chi connectivity index (χ1n) is 8.56. The van der Waals surface area contributed by atoms with Crippen molar-refractivity contribution in [3.63, 3.8) is 0 Å². The number of rotatable bonds is 1. The van der Waals surface area contributed by atoms with Gasteiger partial charge in [0.2, 0.25) is 0 Å². The lowest BCUT2D eigenvalue weighted by Crippen LogP contribution is -2.50. The number of para-hydroxylation sites is 1. The minimum absolute atomic E-state index is 0.0126. The first-order chi connectivity index (χ1) is 12.9. The van der Waals surface area contributed by atoms with Gasteiger partial charge in [-0.3, -0.25) is 0 Å². The molecule has 0 unspecified atom stereocenters. The highest BCUT2D eigenvalue weighted by atomic mass is 79.9. The van der Waals surface area contributed by atoms with Crippen LogP contribution in [0.2, 0.25) is 0 Å². The summed E-state index contributed by atoms with van der Waals surface area (Å²) in [6, 6.07) is 6.59. The van der Waals surface area contributed by atoms with Crippen molar-refractivity contribution >= 4 is 27.7 Å². The molecule has 5 nitrogen and oxygen atoms in total. The summed E-state index contributed by atoms with van der Waals surface area (Å²) < 4.78 is 34.8. The lowest BCUT2D eigenvalue weighted by Gasteiger charge is -2.44. The first kappa shape index (κ1) is 18.0. The normalized spacial score (nSPS) is 20.7. The van der Waals surface area contributed by atoms with Gasteiger partial charge in [-0.25, -0.2) is 13.6 Å². The van der Waals surface area contributed by atoms with Crippen LogP contribution in [0.5, 0.6) is 11.5 Å². The summed E-state index contributed by atoms with van der Waals surface area (Å²) >= 11 is 3.20. The number of anilines is 1.